The molecule has 0 aliphatic rings. The van der Waals surface area contributed by atoms with Crippen molar-refractivity contribution in [3.05, 3.63) is 47.0 Å². The molecule has 0 N–H and O–H groups in total. The lowest BCUT2D eigenvalue weighted by Crippen LogP contribution is -2.01. The van der Waals surface area contributed by atoms with Crippen LogP contribution >= 0.6 is 11.3 Å². The van der Waals surface area contributed by atoms with Crippen molar-refractivity contribution < 1.29 is 9.53 Å². The van der Waals surface area contributed by atoms with Gasteiger partial charge in [-0.1, -0.05) is 37.1 Å². The van der Waals surface area contributed by atoms with Gasteiger partial charge in [0.1, 0.15) is 5.01 Å². The van der Waals surface area contributed by atoms with E-state index in [0.717, 1.165) is 28.3 Å². The van der Waals surface area contributed by atoms with Gasteiger partial charge in [-0.15, -0.1) is 11.3 Å². The molecular weight excluding hydrogens is 282 g/mol. The quantitative estimate of drug-likeness (QED) is 0.449. The summed E-state index contributed by atoms with van der Waals surface area (Å²) in [5, 5.41) is 0.956. The monoisotopic (exact) mass is 301 g/mol. The summed E-state index contributed by atoms with van der Waals surface area (Å²) in [6, 6.07) is 8.22. The second kappa shape index (κ2) is 7.74. The first-order valence-electron chi connectivity index (χ1n) is 7.06. The number of unbranched alkanes of at least 4 members (excludes halogenated alkanes) is 1. The van der Waals surface area contributed by atoms with Crippen molar-refractivity contribution in [3.63, 3.8) is 0 Å². The Morgan fingerprint density at radius 1 is 1.43 bits per heavy atom. The summed E-state index contributed by atoms with van der Waals surface area (Å²) in [6.45, 7) is 4.61. The van der Waals surface area contributed by atoms with Crippen molar-refractivity contribution in [1.29, 1.82) is 0 Å². The molecule has 1 aromatic carbocycles. The molecule has 0 saturated heterocycles. The second-order valence-electron chi connectivity index (χ2n) is 4.79. The minimum atomic E-state index is -0.297. The number of hydrogen-bond acceptors (Lipinski definition) is 4. The molecule has 0 bridgehead atoms. The van der Waals surface area contributed by atoms with Crippen LogP contribution in [0.1, 0.15) is 30.2 Å². The number of carbonyl (C=O) groups excluding carboxylic acids is 1. The van der Waals surface area contributed by atoms with Gasteiger partial charge in [-0.25, -0.2) is 9.78 Å². The molecule has 2 aromatic rings. The number of benzene rings is 1. The first kappa shape index (κ1) is 15.4. The molecule has 0 radical (unpaired) electrons. The Morgan fingerprint density at radius 3 is 3.05 bits per heavy atom. The summed E-state index contributed by atoms with van der Waals surface area (Å²) in [4.78, 5) is 16.8. The van der Waals surface area contributed by atoms with E-state index in [1.165, 1.54) is 11.6 Å². The van der Waals surface area contributed by atoms with E-state index in [9.17, 15) is 4.79 Å². The molecule has 0 fully saturated rings. The Hall–Kier alpha value is -1.94. The third-order valence-corrected chi connectivity index (χ3v) is 3.93. The van der Waals surface area contributed by atoms with Gasteiger partial charge in [0.05, 0.1) is 6.61 Å². The number of rotatable bonds is 6. The number of nitrogens with zero attached hydrogens (tertiary/aromatic N) is 1. The van der Waals surface area contributed by atoms with Gasteiger partial charge >= 0.3 is 5.97 Å². The summed E-state index contributed by atoms with van der Waals surface area (Å²) in [5.74, 6) is -0.297. The molecule has 0 saturated carbocycles. The van der Waals surface area contributed by atoms with Crippen molar-refractivity contribution >= 4 is 23.4 Å². The van der Waals surface area contributed by atoms with E-state index in [-0.39, 0.29) is 5.97 Å². The minimum absolute atomic E-state index is 0.297. The van der Waals surface area contributed by atoms with E-state index in [2.05, 4.69) is 31.0 Å². The van der Waals surface area contributed by atoms with E-state index in [0.29, 0.717) is 6.61 Å². The smallest absolute Gasteiger partial charge is 0.330 e. The lowest BCUT2D eigenvalue weighted by molar-refractivity contribution is -0.137. The summed E-state index contributed by atoms with van der Waals surface area (Å²) in [7, 11) is 0. The largest absolute Gasteiger partial charge is 0.463 e. The third-order valence-electron chi connectivity index (χ3n) is 2.91. The topological polar surface area (TPSA) is 39.2 Å². The molecule has 1 aromatic heterocycles. The number of hydrogen-bond donors (Lipinski definition) is 0. The number of carbonyl (C=O) groups is 1. The number of aryl methyl sites for hydroxylation is 1. The highest BCUT2D eigenvalue weighted by Crippen LogP contribution is 2.26. The zero-order chi connectivity index (χ0) is 15.1. The van der Waals surface area contributed by atoms with E-state index in [1.54, 1.807) is 23.6 Å². The lowest BCUT2D eigenvalue weighted by Gasteiger charge is -1.98. The summed E-state index contributed by atoms with van der Waals surface area (Å²) in [5.41, 5.74) is 2.31. The Balaban J connectivity index is 1.98. The van der Waals surface area contributed by atoms with Gasteiger partial charge in [0.2, 0.25) is 0 Å². The lowest BCUT2D eigenvalue weighted by atomic mass is 10.1. The zero-order valence-corrected chi connectivity index (χ0v) is 13.2. The second-order valence-corrected chi connectivity index (χ2v) is 5.85. The highest BCUT2D eigenvalue weighted by atomic mass is 32.1. The number of esters is 1. The number of aromatic nitrogens is 1. The molecular formula is C17H19NO2S. The van der Waals surface area contributed by atoms with Gasteiger partial charge in [-0.05, 0) is 25.5 Å². The van der Waals surface area contributed by atoms with E-state index < -0.39 is 0 Å². The molecule has 0 amide bonds. The highest BCUT2D eigenvalue weighted by Gasteiger charge is 2.04. The van der Waals surface area contributed by atoms with Gasteiger partial charge in [0.25, 0.3) is 0 Å². The molecule has 2 rings (SSSR count). The fraction of sp³-hybridized carbons (Fsp3) is 0.294. The van der Waals surface area contributed by atoms with Crippen LogP contribution in [0.5, 0.6) is 0 Å². The molecule has 0 aliphatic carbocycles. The maximum Gasteiger partial charge on any atom is 0.330 e. The standard InChI is InChI=1S/C17H19NO2S/c1-3-4-10-20-16(19)9-8-15-12-18-17(21-15)14-7-5-6-13(2)11-14/h5-9,11-12H,3-4,10H2,1-2H3/b9-8+. The molecule has 0 atom stereocenters. The van der Waals surface area contributed by atoms with Crippen molar-refractivity contribution in [2.24, 2.45) is 0 Å². The van der Waals surface area contributed by atoms with Crippen LogP contribution in [0, 0.1) is 6.92 Å². The first-order chi connectivity index (χ1) is 10.2. The van der Waals surface area contributed by atoms with Crippen LogP contribution in [0.25, 0.3) is 16.6 Å². The highest BCUT2D eigenvalue weighted by molar-refractivity contribution is 7.15. The van der Waals surface area contributed by atoms with Crippen molar-refractivity contribution in [2.75, 3.05) is 6.61 Å². The fourth-order valence-electron chi connectivity index (χ4n) is 1.79. The predicted molar refractivity (Wildman–Crippen MR) is 87.2 cm³/mol. The van der Waals surface area contributed by atoms with Crippen molar-refractivity contribution in [3.8, 4) is 10.6 Å². The van der Waals surface area contributed by atoms with Crippen LogP contribution in [0.15, 0.2) is 36.5 Å². The summed E-state index contributed by atoms with van der Waals surface area (Å²) in [6.07, 6.45) is 6.91. The van der Waals surface area contributed by atoms with Crippen LogP contribution in [0.4, 0.5) is 0 Å². The Kier molecular flexibility index (Phi) is 5.69. The molecule has 0 unspecified atom stereocenters. The van der Waals surface area contributed by atoms with Gasteiger partial charge < -0.3 is 4.74 Å². The molecule has 4 heteroatoms. The Morgan fingerprint density at radius 2 is 2.29 bits per heavy atom. The van der Waals surface area contributed by atoms with Gasteiger partial charge in [-0.2, -0.15) is 0 Å². The minimum Gasteiger partial charge on any atom is -0.463 e. The Bertz CT molecular complexity index is 631. The van der Waals surface area contributed by atoms with Crippen LogP contribution in [-0.4, -0.2) is 17.6 Å². The van der Waals surface area contributed by atoms with Crippen molar-refractivity contribution in [1.82, 2.24) is 4.98 Å². The number of ether oxygens (including phenoxy) is 1. The van der Waals surface area contributed by atoms with Crippen LogP contribution in [0.3, 0.4) is 0 Å². The Labute approximate surface area is 129 Å². The van der Waals surface area contributed by atoms with Crippen LogP contribution in [0.2, 0.25) is 0 Å². The average Bonchev–Trinajstić information content (AvgIpc) is 2.94. The van der Waals surface area contributed by atoms with Crippen LogP contribution in [-0.2, 0) is 9.53 Å². The average molecular weight is 301 g/mol. The zero-order valence-electron chi connectivity index (χ0n) is 12.3. The molecule has 110 valence electrons. The molecule has 3 nitrogen and oxygen atoms in total. The first-order valence-corrected chi connectivity index (χ1v) is 7.88. The normalized spacial score (nSPS) is 11.0. The van der Waals surface area contributed by atoms with E-state index >= 15 is 0 Å². The van der Waals surface area contributed by atoms with Crippen molar-refractivity contribution in [2.45, 2.75) is 26.7 Å². The number of thiazole rings is 1. The maximum absolute atomic E-state index is 11.5. The van der Waals surface area contributed by atoms with E-state index in [4.69, 9.17) is 4.74 Å². The molecule has 0 aliphatic heterocycles. The van der Waals surface area contributed by atoms with Crippen LogP contribution < -0.4 is 0 Å². The SMILES string of the molecule is CCCCOC(=O)/C=C/c1cnc(-c2cccc(C)c2)s1. The third kappa shape index (κ3) is 4.83. The van der Waals surface area contributed by atoms with Gasteiger partial charge in [0.15, 0.2) is 0 Å². The molecule has 0 spiro atoms. The summed E-state index contributed by atoms with van der Waals surface area (Å²) >= 11 is 1.56. The molecule has 21 heavy (non-hydrogen) atoms. The molecule has 1 heterocycles. The fourth-order valence-corrected chi connectivity index (χ4v) is 2.61. The van der Waals surface area contributed by atoms with Gasteiger partial charge in [0, 0.05) is 22.7 Å². The van der Waals surface area contributed by atoms with Gasteiger partial charge in [-0.3, -0.25) is 0 Å². The predicted octanol–water partition coefficient (Wildman–Crippen LogP) is 4.48. The summed E-state index contributed by atoms with van der Waals surface area (Å²) < 4.78 is 5.07. The maximum atomic E-state index is 11.5. The van der Waals surface area contributed by atoms with E-state index in [1.807, 2.05) is 12.1 Å².